The van der Waals surface area contributed by atoms with E-state index in [1.807, 2.05) is 20.8 Å². The predicted octanol–water partition coefficient (Wildman–Crippen LogP) is 3.07. The number of nitrogens with zero attached hydrogens (tertiary/aromatic N) is 1. The van der Waals surface area contributed by atoms with Crippen molar-refractivity contribution < 1.29 is 9.18 Å². The SMILES string of the molecule is CC(C)(C)NC(=O)Cc1csc(Nc2ccc(N)c(F)c2)n1. The standard InChI is InChI=1S/C15H19FN4OS/c1-15(2,3)20-13(21)7-10-8-22-14(19-10)18-9-4-5-12(17)11(16)6-9/h4-6,8H,7,17H2,1-3H3,(H,18,19)(H,20,21). The van der Waals surface area contributed by atoms with Crippen LogP contribution in [-0.2, 0) is 11.2 Å². The van der Waals surface area contributed by atoms with Crippen molar-refractivity contribution in [2.24, 2.45) is 0 Å². The van der Waals surface area contributed by atoms with Gasteiger partial charge in [0, 0.05) is 16.6 Å². The fraction of sp³-hybridized carbons (Fsp3) is 0.333. The molecular weight excluding hydrogens is 303 g/mol. The van der Waals surface area contributed by atoms with E-state index in [1.54, 1.807) is 11.4 Å². The number of rotatable bonds is 4. The fourth-order valence-electron chi connectivity index (χ4n) is 1.80. The molecule has 0 fully saturated rings. The second kappa shape index (κ2) is 6.31. The zero-order valence-electron chi connectivity index (χ0n) is 12.7. The number of anilines is 3. The van der Waals surface area contributed by atoms with Crippen molar-refractivity contribution in [3.05, 3.63) is 35.1 Å². The summed E-state index contributed by atoms with van der Waals surface area (Å²) in [6.07, 6.45) is 0.214. The Kier molecular flexibility index (Phi) is 4.65. The highest BCUT2D eigenvalue weighted by Gasteiger charge is 2.15. The molecule has 118 valence electrons. The van der Waals surface area contributed by atoms with Crippen LogP contribution in [0.1, 0.15) is 26.5 Å². The predicted molar refractivity (Wildman–Crippen MR) is 87.8 cm³/mol. The summed E-state index contributed by atoms with van der Waals surface area (Å²) in [6, 6.07) is 4.47. The second-order valence-electron chi connectivity index (χ2n) is 5.98. The molecule has 0 radical (unpaired) electrons. The Morgan fingerprint density at radius 3 is 2.77 bits per heavy atom. The first kappa shape index (κ1) is 16.2. The molecule has 0 aliphatic carbocycles. The lowest BCUT2D eigenvalue weighted by atomic mass is 10.1. The monoisotopic (exact) mass is 322 g/mol. The van der Waals surface area contributed by atoms with Gasteiger partial charge in [0.2, 0.25) is 5.91 Å². The lowest BCUT2D eigenvalue weighted by Gasteiger charge is -2.20. The van der Waals surface area contributed by atoms with Crippen molar-refractivity contribution in [3.63, 3.8) is 0 Å². The quantitative estimate of drug-likeness (QED) is 0.756. The number of benzene rings is 1. The van der Waals surface area contributed by atoms with Gasteiger partial charge in [-0.05, 0) is 39.0 Å². The molecule has 2 rings (SSSR count). The first-order chi connectivity index (χ1) is 10.2. The molecule has 0 unspecified atom stereocenters. The van der Waals surface area contributed by atoms with Gasteiger partial charge in [-0.25, -0.2) is 9.37 Å². The van der Waals surface area contributed by atoms with Crippen LogP contribution in [0.2, 0.25) is 0 Å². The average molecular weight is 322 g/mol. The van der Waals surface area contributed by atoms with E-state index < -0.39 is 5.82 Å². The van der Waals surface area contributed by atoms with Crippen LogP contribution in [0, 0.1) is 5.82 Å². The Bertz CT molecular complexity index is 678. The van der Waals surface area contributed by atoms with Gasteiger partial charge in [-0.15, -0.1) is 11.3 Å². The van der Waals surface area contributed by atoms with Crippen LogP contribution in [0.3, 0.4) is 0 Å². The van der Waals surface area contributed by atoms with Gasteiger partial charge in [-0.2, -0.15) is 0 Å². The third kappa shape index (κ3) is 4.70. The number of carbonyl (C=O) groups is 1. The minimum Gasteiger partial charge on any atom is -0.396 e. The molecular formula is C15H19FN4OS. The summed E-state index contributed by atoms with van der Waals surface area (Å²) in [4.78, 5) is 16.2. The number of amides is 1. The van der Waals surface area contributed by atoms with Gasteiger partial charge < -0.3 is 16.4 Å². The van der Waals surface area contributed by atoms with Crippen molar-refractivity contribution in [3.8, 4) is 0 Å². The largest absolute Gasteiger partial charge is 0.396 e. The van der Waals surface area contributed by atoms with Gasteiger partial charge in [0.05, 0.1) is 17.8 Å². The van der Waals surface area contributed by atoms with Crippen LogP contribution >= 0.6 is 11.3 Å². The van der Waals surface area contributed by atoms with E-state index >= 15 is 0 Å². The number of hydrogen-bond acceptors (Lipinski definition) is 5. The van der Waals surface area contributed by atoms with Crippen molar-refractivity contribution in [2.45, 2.75) is 32.7 Å². The van der Waals surface area contributed by atoms with Crippen molar-refractivity contribution in [1.82, 2.24) is 10.3 Å². The smallest absolute Gasteiger partial charge is 0.226 e. The third-order valence-electron chi connectivity index (χ3n) is 2.66. The highest BCUT2D eigenvalue weighted by Crippen LogP contribution is 2.23. The topological polar surface area (TPSA) is 80.0 Å². The lowest BCUT2D eigenvalue weighted by Crippen LogP contribution is -2.41. The van der Waals surface area contributed by atoms with E-state index in [1.165, 1.54) is 23.5 Å². The Hall–Kier alpha value is -2.15. The molecule has 2 aromatic rings. The molecule has 0 atom stereocenters. The van der Waals surface area contributed by atoms with E-state index in [4.69, 9.17) is 5.73 Å². The number of halogens is 1. The number of aromatic nitrogens is 1. The van der Waals surface area contributed by atoms with Crippen LogP contribution < -0.4 is 16.4 Å². The molecule has 0 bridgehead atoms. The van der Waals surface area contributed by atoms with E-state index in [0.29, 0.717) is 16.5 Å². The number of thiazole rings is 1. The molecule has 1 aromatic carbocycles. The molecule has 22 heavy (non-hydrogen) atoms. The first-order valence-electron chi connectivity index (χ1n) is 6.80. The highest BCUT2D eigenvalue weighted by molar-refractivity contribution is 7.13. The van der Waals surface area contributed by atoms with Gasteiger partial charge >= 0.3 is 0 Å². The molecule has 7 heteroatoms. The minimum atomic E-state index is -0.480. The molecule has 0 aliphatic heterocycles. The van der Waals surface area contributed by atoms with E-state index in [2.05, 4.69) is 15.6 Å². The lowest BCUT2D eigenvalue weighted by molar-refractivity contribution is -0.121. The van der Waals surface area contributed by atoms with Gasteiger partial charge in [-0.3, -0.25) is 4.79 Å². The molecule has 1 aromatic heterocycles. The Morgan fingerprint density at radius 1 is 1.41 bits per heavy atom. The zero-order chi connectivity index (χ0) is 16.3. The normalized spacial score (nSPS) is 11.3. The third-order valence-corrected chi connectivity index (χ3v) is 3.47. The number of carbonyl (C=O) groups excluding carboxylic acids is 1. The van der Waals surface area contributed by atoms with E-state index in [0.717, 1.165) is 0 Å². The van der Waals surface area contributed by atoms with E-state index in [9.17, 15) is 9.18 Å². The summed E-state index contributed by atoms with van der Waals surface area (Å²) in [5.74, 6) is -0.561. The van der Waals surface area contributed by atoms with Crippen molar-refractivity contribution in [2.75, 3.05) is 11.1 Å². The summed E-state index contributed by atoms with van der Waals surface area (Å²) in [5.41, 5.74) is 6.50. The van der Waals surface area contributed by atoms with Gasteiger partial charge in [0.25, 0.3) is 0 Å². The van der Waals surface area contributed by atoms with E-state index in [-0.39, 0.29) is 23.6 Å². The summed E-state index contributed by atoms with van der Waals surface area (Å²) in [6.45, 7) is 5.78. The molecule has 1 heterocycles. The number of nitrogens with two attached hydrogens (primary N) is 1. The molecule has 0 saturated heterocycles. The number of hydrogen-bond donors (Lipinski definition) is 3. The number of nitrogens with one attached hydrogen (secondary N) is 2. The van der Waals surface area contributed by atoms with Crippen LogP contribution in [0.15, 0.2) is 23.6 Å². The highest BCUT2D eigenvalue weighted by atomic mass is 32.1. The summed E-state index contributed by atoms with van der Waals surface area (Å²) < 4.78 is 13.4. The maximum absolute atomic E-state index is 13.4. The summed E-state index contributed by atoms with van der Waals surface area (Å²) >= 11 is 1.36. The maximum atomic E-state index is 13.4. The Morgan fingerprint density at radius 2 is 2.14 bits per heavy atom. The van der Waals surface area contributed by atoms with Crippen molar-refractivity contribution in [1.29, 1.82) is 0 Å². The first-order valence-corrected chi connectivity index (χ1v) is 7.68. The Balaban J connectivity index is 1.99. The van der Waals surface area contributed by atoms with Gasteiger partial charge in [0.1, 0.15) is 5.82 Å². The molecule has 4 N–H and O–H groups in total. The average Bonchev–Trinajstić information content (AvgIpc) is 2.78. The summed E-state index contributed by atoms with van der Waals surface area (Å²) in [5, 5.41) is 8.28. The molecule has 1 amide bonds. The van der Waals surface area contributed by atoms with Crippen LogP contribution in [-0.4, -0.2) is 16.4 Å². The van der Waals surface area contributed by atoms with Crippen molar-refractivity contribution >= 4 is 33.8 Å². The molecule has 0 aliphatic rings. The summed E-state index contributed by atoms with van der Waals surface area (Å²) in [7, 11) is 0. The Labute approximate surface area is 132 Å². The fourth-order valence-corrected chi connectivity index (χ4v) is 2.53. The van der Waals surface area contributed by atoms with Crippen LogP contribution in [0.25, 0.3) is 0 Å². The zero-order valence-corrected chi connectivity index (χ0v) is 13.6. The second-order valence-corrected chi connectivity index (χ2v) is 6.84. The molecule has 5 nitrogen and oxygen atoms in total. The van der Waals surface area contributed by atoms with Crippen LogP contribution in [0.5, 0.6) is 0 Å². The number of nitrogen functional groups attached to an aromatic ring is 1. The minimum absolute atomic E-state index is 0.0807. The van der Waals surface area contributed by atoms with Gasteiger partial charge in [-0.1, -0.05) is 0 Å². The van der Waals surface area contributed by atoms with Crippen LogP contribution in [0.4, 0.5) is 20.9 Å². The molecule has 0 spiro atoms. The molecule has 0 saturated carbocycles. The maximum Gasteiger partial charge on any atom is 0.226 e. The van der Waals surface area contributed by atoms with Gasteiger partial charge in [0.15, 0.2) is 5.13 Å².